The second-order valence-corrected chi connectivity index (χ2v) is 16.6. The Balaban J connectivity index is 1.13. The molecular formula is C48H37N5OPt. The summed E-state index contributed by atoms with van der Waals surface area (Å²) in [6, 6.07) is 44.3. The molecule has 6 aromatic carbocycles. The molecule has 6 nitrogen and oxygen atoms in total. The van der Waals surface area contributed by atoms with Gasteiger partial charge in [0.05, 0.1) is 16.6 Å². The molecular weight excluding hydrogens is 858 g/mol. The van der Waals surface area contributed by atoms with Gasteiger partial charge in [-0.25, -0.2) is 0 Å². The zero-order valence-corrected chi connectivity index (χ0v) is 32.9. The molecule has 0 radical (unpaired) electrons. The topological polar surface area (TPSA) is 41.3 Å². The maximum absolute atomic E-state index is 8.29. The van der Waals surface area contributed by atoms with Crippen molar-refractivity contribution in [3.63, 3.8) is 0 Å². The van der Waals surface area contributed by atoms with Crippen molar-refractivity contribution in [1.29, 1.82) is 0 Å². The van der Waals surface area contributed by atoms with Gasteiger partial charge in [-0.05, 0) is 23.1 Å². The Bertz CT molecular complexity index is 3560. The molecule has 0 unspecified atom stereocenters. The molecule has 0 bridgehead atoms. The van der Waals surface area contributed by atoms with Gasteiger partial charge in [0.2, 0.25) is 0 Å². The number of benzene rings is 6. The Kier molecular flexibility index (Phi) is 6.16. The molecule has 0 fully saturated rings. The van der Waals surface area contributed by atoms with E-state index >= 15 is 0 Å². The van der Waals surface area contributed by atoms with Crippen molar-refractivity contribution in [3.05, 3.63) is 149 Å². The van der Waals surface area contributed by atoms with E-state index in [-0.39, 0.29) is 5.41 Å². The Morgan fingerprint density at radius 2 is 1.33 bits per heavy atom. The minimum atomic E-state index is -2.34. The second kappa shape index (κ2) is 11.5. The van der Waals surface area contributed by atoms with Crippen LogP contribution in [-0.4, -0.2) is 23.1 Å². The average molecular weight is 898 g/mol. The van der Waals surface area contributed by atoms with Crippen molar-refractivity contribution in [3.8, 4) is 23.0 Å². The normalized spacial score (nSPS) is 13.6. The molecule has 0 amide bonds. The summed E-state index contributed by atoms with van der Waals surface area (Å²) in [6.45, 7) is 6.37. The quantitative estimate of drug-likeness (QED) is 0.177. The van der Waals surface area contributed by atoms with E-state index in [0.29, 0.717) is 20.8 Å². The van der Waals surface area contributed by atoms with Crippen molar-refractivity contribution in [2.24, 2.45) is 6.98 Å². The first-order chi connectivity index (χ1) is 27.9. The molecule has 0 aliphatic heterocycles. The van der Waals surface area contributed by atoms with E-state index in [9.17, 15) is 0 Å². The maximum atomic E-state index is 8.29. The van der Waals surface area contributed by atoms with Crippen LogP contribution in [-0.2, 0) is 31.7 Å². The van der Waals surface area contributed by atoms with Gasteiger partial charge in [0, 0.05) is 27.7 Å². The Morgan fingerprint density at radius 1 is 0.618 bits per heavy atom. The monoisotopic (exact) mass is 897 g/mol. The van der Waals surface area contributed by atoms with Crippen LogP contribution in [0.25, 0.3) is 82.4 Å². The number of imidazole rings is 1. The van der Waals surface area contributed by atoms with Gasteiger partial charge in [-0.2, -0.15) is 0 Å². The summed E-state index contributed by atoms with van der Waals surface area (Å²) >= 11 is 2.11. The van der Waals surface area contributed by atoms with Gasteiger partial charge in [-0.1, -0.05) is 57.2 Å². The molecule has 0 spiro atoms. The number of hydrogen-bond donors (Lipinski definition) is 0. The van der Waals surface area contributed by atoms with Gasteiger partial charge in [-0.3, -0.25) is 0 Å². The molecule has 11 aromatic rings. The van der Waals surface area contributed by atoms with E-state index in [0.717, 1.165) is 49.9 Å². The molecule has 0 atom stereocenters. The third-order valence-electron chi connectivity index (χ3n) is 11.3. The van der Waals surface area contributed by atoms with Crippen molar-refractivity contribution < 1.29 is 28.2 Å². The molecule has 0 aliphatic rings. The van der Waals surface area contributed by atoms with Crippen LogP contribution < -0.4 is 4.74 Å². The fourth-order valence-electron chi connectivity index (χ4n) is 8.56. The fourth-order valence-corrected chi connectivity index (χ4v) is 9.41. The van der Waals surface area contributed by atoms with E-state index in [1.165, 1.54) is 42.7 Å². The van der Waals surface area contributed by atoms with Gasteiger partial charge in [0.1, 0.15) is 0 Å². The third-order valence-corrected chi connectivity index (χ3v) is 12.3. The van der Waals surface area contributed by atoms with Gasteiger partial charge in [0.25, 0.3) is 0 Å². The number of ether oxygens (including phenoxy) is 1. The summed E-state index contributed by atoms with van der Waals surface area (Å²) in [5.74, 6) is 2.21. The fraction of sp³-hybridized carbons (Fsp3) is 0.125. The van der Waals surface area contributed by atoms with Crippen molar-refractivity contribution in [2.45, 2.75) is 33.1 Å². The average Bonchev–Trinajstić information content (AvgIpc) is 3.91. The number of aromatic nitrogens is 5. The predicted molar refractivity (Wildman–Crippen MR) is 222 cm³/mol. The van der Waals surface area contributed by atoms with E-state index in [2.05, 4.69) is 128 Å². The summed E-state index contributed by atoms with van der Waals surface area (Å²) < 4.78 is 40.3. The van der Waals surface area contributed by atoms with E-state index in [1.54, 1.807) is 0 Å². The van der Waals surface area contributed by atoms with Crippen LogP contribution in [0.1, 0.15) is 36.0 Å². The van der Waals surface area contributed by atoms with Gasteiger partial charge in [-0.15, -0.1) is 0 Å². The van der Waals surface area contributed by atoms with Crippen LogP contribution in [0, 0.1) is 10.7 Å². The number of fused-ring (bicyclic) bond motifs is 10. The first-order valence-corrected chi connectivity index (χ1v) is 19.6. The van der Waals surface area contributed by atoms with Crippen molar-refractivity contribution in [2.75, 3.05) is 0 Å². The summed E-state index contributed by atoms with van der Waals surface area (Å²) in [5.41, 5.74) is 10.0. The molecule has 0 aliphatic carbocycles. The van der Waals surface area contributed by atoms with Crippen LogP contribution in [0.5, 0.6) is 11.5 Å². The van der Waals surface area contributed by atoms with Crippen LogP contribution >= 0.6 is 0 Å². The first kappa shape index (κ1) is 29.4. The van der Waals surface area contributed by atoms with Crippen LogP contribution in [0.15, 0.2) is 134 Å². The zero-order chi connectivity index (χ0) is 39.8. The summed E-state index contributed by atoms with van der Waals surface area (Å²) in [6.07, 6.45) is 1.91. The Morgan fingerprint density at radius 3 is 2.15 bits per heavy atom. The molecule has 0 saturated carbocycles. The van der Waals surface area contributed by atoms with E-state index in [1.807, 2.05) is 66.2 Å². The predicted octanol–water partition coefficient (Wildman–Crippen LogP) is 12.1. The molecule has 270 valence electrons. The van der Waals surface area contributed by atoms with Gasteiger partial charge >= 0.3 is 205 Å². The van der Waals surface area contributed by atoms with Crippen LogP contribution in [0.2, 0.25) is 0 Å². The Labute approximate surface area is 332 Å². The molecule has 0 N–H and O–H groups in total. The van der Waals surface area contributed by atoms with E-state index in [4.69, 9.17) is 13.8 Å². The van der Waals surface area contributed by atoms with Crippen LogP contribution in [0.3, 0.4) is 0 Å². The first-order valence-electron chi connectivity index (χ1n) is 20.0. The molecule has 55 heavy (non-hydrogen) atoms. The van der Waals surface area contributed by atoms with Crippen molar-refractivity contribution in [1.82, 2.24) is 23.1 Å². The summed E-state index contributed by atoms with van der Waals surface area (Å²) in [5, 5.41) is 7.22. The zero-order valence-electron chi connectivity index (χ0n) is 33.7. The van der Waals surface area contributed by atoms with Crippen LogP contribution in [0.4, 0.5) is 0 Å². The number of pyridine rings is 1. The Hall–Kier alpha value is -5.97. The molecule has 11 rings (SSSR count). The van der Waals surface area contributed by atoms with Gasteiger partial charge in [0.15, 0.2) is 0 Å². The minimum absolute atomic E-state index is 0.0719. The number of hydrogen-bond acceptors (Lipinski definition) is 2. The van der Waals surface area contributed by atoms with Gasteiger partial charge < -0.3 is 4.40 Å². The molecule has 5 aromatic heterocycles. The summed E-state index contributed by atoms with van der Waals surface area (Å²) in [4.78, 5) is 5.00. The SMILES string of the molecule is [2H]C([2H])([2H])n1[c](=[Pt])n(-c2ccc(C)c(Oc3ccc4c5cc6c7cccc8c9ccccc9n(c6cc5n(-c5cc(C(C)(C)C)ccn5)c4c3)c87)c2)c2ccccc21. The summed E-state index contributed by atoms with van der Waals surface area (Å²) in [7, 11) is 0. The number of aryl methyl sites for hydroxylation is 2. The standard InChI is InChI=1S/C48H37N5O.Pt/c1-29-17-18-31(51-28-50(5)40-15-8-9-16-41(40)51)24-45(29)54-32-19-20-34-37-26-38-36-13-10-12-35-33-11-6-7-14-39(33)53(47(35)36)44(38)27-43(37)52(42(34)25-32)46-23-30(21-22-49-46)48(2,3)4;/h6-27H,1-5H3;/i5D3;. The molecule has 7 heteroatoms. The second-order valence-electron chi connectivity index (χ2n) is 15.6. The van der Waals surface area contributed by atoms with E-state index < -0.39 is 6.98 Å². The number of rotatable bonds is 4. The van der Waals surface area contributed by atoms with Crippen molar-refractivity contribution >= 4 is 70.9 Å². The molecule has 0 saturated heterocycles. The third kappa shape index (κ3) is 4.64. The number of para-hydroxylation sites is 4. The number of nitrogens with zero attached hydrogens (tertiary/aromatic N) is 5. The molecule has 5 heterocycles.